The number of hydrogen-bond acceptors (Lipinski definition) is 10. The van der Waals surface area contributed by atoms with Crippen LogP contribution in [0.4, 0.5) is 8.78 Å². The van der Waals surface area contributed by atoms with Gasteiger partial charge in [0, 0.05) is 67.5 Å². The standard InChI is InChI=1S/C48H57F2N9O9/c1-6-30(16-18-52-5)22-40(62)55-37(25-39(51)61)47(68)56-36(46(67)54-20-19-53-41(63)28-59-42(64)14-15-43(59)65)17-21-58(44(66)29-60)45(48(2,3)4)38-23-32(34-24-33(49)12-13-35(34)50)27-57(38)26-31-10-8-7-9-11-31/h6-16,18,23-24,27,36-37,45,60H,5,17,19-22,25-26,28-29H2,1-4H3,(H2,51,61)(H,53,63)(H,54,67)(H,55,62)(H,56,68)/b18-16-,30-6+/t36-,37-,45-/m0/s1. The lowest BCUT2D eigenvalue weighted by atomic mass is 9.82. The number of amides is 8. The zero-order valence-corrected chi connectivity index (χ0v) is 38.3. The van der Waals surface area contributed by atoms with E-state index in [-0.39, 0.29) is 44.6 Å². The van der Waals surface area contributed by atoms with Crippen LogP contribution in [-0.2, 0) is 44.9 Å². The van der Waals surface area contributed by atoms with E-state index in [1.54, 1.807) is 29.8 Å². The molecule has 0 aliphatic carbocycles. The van der Waals surface area contributed by atoms with Crippen LogP contribution in [0.15, 0.2) is 102 Å². The number of halogens is 2. The van der Waals surface area contributed by atoms with Crippen molar-refractivity contribution < 1.29 is 52.2 Å². The van der Waals surface area contributed by atoms with Gasteiger partial charge in [0.2, 0.25) is 35.4 Å². The fraction of sp³-hybridized carbons (Fsp3) is 0.354. The lowest BCUT2D eigenvalue weighted by Crippen LogP contribution is -2.56. The number of aliphatic hydroxyl groups excluding tert-OH is 1. The average molecular weight is 942 g/mol. The second kappa shape index (κ2) is 24.8. The van der Waals surface area contributed by atoms with Gasteiger partial charge in [-0.15, -0.1) is 0 Å². The molecular formula is C48H57F2N9O9. The topological polar surface area (TPSA) is 255 Å². The van der Waals surface area contributed by atoms with Crippen molar-refractivity contribution in [2.75, 3.05) is 32.8 Å². The first-order chi connectivity index (χ1) is 32.2. The molecule has 2 heterocycles. The SMILES string of the molecule is C=N/C=C\C(=C/C)CC(=O)N[C@@H](CC(N)=O)C(=O)N[C@@H](CCN(C(=O)CO)[C@@H](c1cc(-c2cc(F)ccc2F)cn1Cc1ccccc1)C(C)(C)C)C(=O)NCCNC(=O)CN1C(=O)C=CC1=O. The van der Waals surface area contributed by atoms with Gasteiger partial charge in [-0.3, -0.25) is 48.2 Å². The van der Waals surface area contributed by atoms with Gasteiger partial charge in [-0.05, 0) is 67.0 Å². The van der Waals surface area contributed by atoms with E-state index in [2.05, 4.69) is 33.0 Å². The Morgan fingerprint density at radius 1 is 0.912 bits per heavy atom. The molecule has 4 rings (SSSR count). The van der Waals surface area contributed by atoms with E-state index in [4.69, 9.17) is 5.73 Å². The van der Waals surface area contributed by atoms with Gasteiger partial charge in [0.1, 0.15) is 36.9 Å². The summed E-state index contributed by atoms with van der Waals surface area (Å²) in [6.45, 7) is 8.44. The highest BCUT2D eigenvalue weighted by atomic mass is 19.1. The third kappa shape index (κ3) is 15.2. The molecule has 68 heavy (non-hydrogen) atoms. The summed E-state index contributed by atoms with van der Waals surface area (Å²) in [6.07, 6.45) is 6.94. The second-order valence-electron chi connectivity index (χ2n) is 16.8. The van der Waals surface area contributed by atoms with E-state index in [0.29, 0.717) is 16.8 Å². The highest BCUT2D eigenvalue weighted by Gasteiger charge is 2.38. The van der Waals surface area contributed by atoms with Crippen LogP contribution in [0.2, 0.25) is 0 Å². The quantitative estimate of drug-likeness (QED) is 0.0333. The molecule has 0 saturated carbocycles. The minimum Gasteiger partial charge on any atom is -0.387 e. The number of nitrogens with zero attached hydrogens (tertiary/aromatic N) is 4. The number of rotatable bonds is 24. The molecular weight excluding hydrogens is 885 g/mol. The summed E-state index contributed by atoms with van der Waals surface area (Å²) in [7, 11) is 0. The Morgan fingerprint density at radius 3 is 2.21 bits per heavy atom. The fourth-order valence-electron chi connectivity index (χ4n) is 7.45. The van der Waals surface area contributed by atoms with Crippen molar-refractivity contribution in [1.29, 1.82) is 0 Å². The monoisotopic (exact) mass is 941 g/mol. The van der Waals surface area contributed by atoms with Gasteiger partial charge in [-0.1, -0.05) is 57.2 Å². The molecule has 0 saturated heterocycles. The Bertz CT molecular complexity index is 2440. The van der Waals surface area contributed by atoms with Gasteiger partial charge in [-0.25, -0.2) is 8.78 Å². The number of aliphatic hydroxyl groups is 1. The van der Waals surface area contributed by atoms with Crippen molar-refractivity contribution in [3.05, 3.63) is 120 Å². The first-order valence-corrected chi connectivity index (χ1v) is 21.6. The predicted octanol–water partition coefficient (Wildman–Crippen LogP) is 2.33. The normalized spacial score (nSPS) is 14.0. The van der Waals surface area contributed by atoms with Crippen molar-refractivity contribution in [3.8, 4) is 11.1 Å². The van der Waals surface area contributed by atoms with Crippen LogP contribution in [0.3, 0.4) is 0 Å². The number of imide groups is 1. The molecule has 0 unspecified atom stereocenters. The molecule has 1 aliphatic rings. The number of carbonyl (C=O) groups excluding carboxylic acids is 8. The Kier molecular flexibility index (Phi) is 19.3. The van der Waals surface area contributed by atoms with E-state index in [9.17, 15) is 47.9 Å². The molecule has 3 atom stereocenters. The van der Waals surface area contributed by atoms with Crippen molar-refractivity contribution in [2.45, 2.75) is 71.6 Å². The molecule has 7 N–H and O–H groups in total. The number of aliphatic imine (C=N–C) groups is 1. The van der Waals surface area contributed by atoms with Crippen LogP contribution >= 0.6 is 0 Å². The molecule has 18 nitrogen and oxygen atoms in total. The van der Waals surface area contributed by atoms with Gasteiger partial charge in [0.05, 0.1) is 18.9 Å². The van der Waals surface area contributed by atoms with Crippen molar-refractivity contribution >= 4 is 54.0 Å². The molecule has 1 aliphatic heterocycles. The highest BCUT2D eigenvalue weighted by Crippen LogP contribution is 2.41. The lowest BCUT2D eigenvalue weighted by molar-refractivity contribution is -0.141. The number of nitrogens with one attached hydrogen (secondary N) is 4. The molecule has 2 aromatic carbocycles. The Morgan fingerprint density at radius 2 is 1.59 bits per heavy atom. The van der Waals surface area contributed by atoms with E-state index in [1.165, 1.54) is 17.2 Å². The first-order valence-electron chi connectivity index (χ1n) is 21.6. The maximum Gasteiger partial charge on any atom is 0.254 e. The molecule has 0 spiro atoms. The van der Waals surface area contributed by atoms with E-state index in [1.807, 2.05) is 51.1 Å². The summed E-state index contributed by atoms with van der Waals surface area (Å²) in [5, 5.41) is 20.5. The fourth-order valence-corrected chi connectivity index (χ4v) is 7.45. The number of benzene rings is 2. The molecule has 0 fully saturated rings. The number of aromatic nitrogens is 1. The van der Waals surface area contributed by atoms with Crippen LogP contribution in [0, 0.1) is 17.0 Å². The van der Waals surface area contributed by atoms with E-state index >= 15 is 4.39 Å². The molecule has 20 heteroatoms. The molecule has 1 aromatic heterocycles. The van der Waals surface area contributed by atoms with Crippen LogP contribution in [0.1, 0.15) is 64.3 Å². The molecule has 0 bridgehead atoms. The Labute approximate surface area is 392 Å². The number of nitrogens with two attached hydrogens (primary N) is 1. The summed E-state index contributed by atoms with van der Waals surface area (Å²) in [4.78, 5) is 109. The van der Waals surface area contributed by atoms with Gasteiger partial charge < -0.3 is 41.6 Å². The third-order valence-corrected chi connectivity index (χ3v) is 10.7. The predicted molar refractivity (Wildman–Crippen MR) is 248 cm³/mol. The summed E-state index contributed by atoms with van der Waals surface area (Å²) in [5.74, 6) is -7.65. The van der Waals surface area contributed by atoms with Crippen molar-refractivity contribution in [1.82, 2.24) is 35.6 Å². The number of hydrogen-bond donors (Lipinski definition) is 6. The zero-order chi connectivity index (χ0) is 50.1. The maximum absolute atomic E-state index is 15.3. The van der Waals surface area contributed by atoms with Gasteiger partial charge >= 0.3 is 0 Å². The summed E-state index contributed by atoms with van der Waals surface area (Å²) < 4.78 is 31.6. The Balaban J connectivity index is 1.69. The minimum absolute atomic E-state index is 0.0405. The summed E-state index contributed by atoms with van der Waals surface area (Å²) in [6, 6.07) is 9.90. The average Bonchev–Trinajstić information content (AvgIpc) is 3.84. The largest absolute Gasteiger partial charge is 0.387 e. The second-order valence-corrected chi connectivity index (χ2v) is 16.8. The third-order valence-electron chi connectivity index (χ3n) is 10.7. The van der Waals surface area contributed by atoms with Crippen LogP contribution < -0.4 is 27.0 Å². The Hall–Kier alpha value is -7.61. The van der Waals surface area contributed by atoms with Crippen molar-refractivity contribution in [3.63, 3.8) is 0 Å². The molecule has 8 amide bonds. The maximum atomic E-state index is 15.3. The molecule has 362 valence electrons. The number of carbonyl (C=O) groups is 8. The smallest absolute Gasteiger partial charge is 0.254 e. The number of primary amides is 1. The van der Waals surface area contributed by atoms with Crippen molar-refractivity contribution in [2.24, 2.45) is 16.1 Å². The minimum atomic E-state index is -1.57. The molecule has 0 radical (unpaired) electrons. The van der Waals surface area contributed by atoms with Crippen LogP contribution in [0.25, 0.3) is 11.1 Å². The van der Waals surface area contributed by atoms with Gasteiger partial charge in [0.15, 0.2) is 0 Å². The van der Waals surface area contributed by atoms with Crippen LogP contribution in [0.5, 0.6) is 0 Å². The van der Waals surface area contributed by atoms with E-state index in [0.717, 1.165) is 40.8 Å². The number of allylic oxidation sites excluding steroid dienone is 2. The van der Waals surface area contributed by atoms with Crippen LogP contribution in [-0.4, -0.2) is 118 Å². The zero-order valence-electron chi connectivity index (χ0n) is 38.3. The van der Waals surface area contributed by atoms with Gasteiger partial charge in [-0.2, -0.15) is 0 Å². The summed E-state index contributed by atoms with van der Waals surface area (Å²) >= 11 is 0. The highest BCUT2D eigenvalue weighted by molar-refractivity contribution is 6.14. The molecule has 3 aromatic rings. The lowest BCUT2D eigenvalue weighted by Gasteiger charge is -2.41. The first kappa shape index (κ1) is 53.0. The van der Waals surface area contributed by atoms with Gasteiger partial charge in [0.25, 0.3) is 11.8 Å². The van der Waals surface area contributed by atoms with E-state index < -0.39 is 102 Å². The summed E-state index contributed by atoms with van der Waals surface area (Å²) in [5.41, 5.74) is 6.66.